The van der Waals surface area contributed by atoms with Gasteiger partial charge >= 0.3 is 0 Å². The molecule has 0 unspecified atom stereocenters. The van der Waals surface area contributed by atoms with Gasteiger partial charge < -0.3 is 19.7 Å². The fraction of sp³-hybridized carbons (Fsp3) is 0.368. The number of anilines is 2. The molecule has 1 aliphatic rings. The largest absolute Gasteiger partial charge is 0.489 e. The first-order valence-electron chi connectivity index (χ1n) is 8.48. The van der Waals surface area contributed by atoms with E-state index in [-0.39, 0.29) is 12.0 Å². The number of carbonyl (C=O) groups excluding carboxylic acids is 1. The van der Waals surface area contributed by atoms with Gasteiger partial charge in [-0.2, -0.15) is 0 Å². The van der Waals surface area contributed by atoms with Gasteiger partial charge in [-0.15, -0.1) is 0 Å². The molecule has 2 aromatic rings. The molecule has 3 rings (SSSR count). The summed E-state index contributed by atoms with van der Waals surface area (Å²) < 4.78 is 11.1. The Kier molecular flexibility index (Phi) is 5.50. The number of amides is 1. The lowest BCUT2D eigenvalue weighted by molar-refractivity contribution is 0.102. The molecule has 1 aromatic carbocycles. The van der Waals surface area contributed by atoms with Crippen LogP contribution in [0.4, 0.5) is 11.4 Å². The molecule has 0 bridgehead atoms. The van der Waals surface area contributed by atoms with Crippen LogP contribution in [0.5, 0.6) is 5.75 Å². The molecule has 25 heavy (non-hydrogen) atoms. The van der Waals surface area contributed by atoms with Crippen LogP contribution in [0.3, 0.4) is 0 Å². The van der Waals surface area contributed by atoms with Crippen molar-refractivity contribution in [3.63, 3.8) is 0 Å². The van der Waals surface area contributed by atoms with Crippen LogP contribution in [-0.2, 0) is 4.74 Å². The topological polar surface area (TPSA) is 63.7 Å². The van der Waals surface area contributed by atoms with Crippen molar-refractivity contribution in [1.82, 2.24) is 4.98 Å². The summed E-state index contributed by atoms with van der Waals surface area (Å²) in [4.78, 5) is 19.0. The highest BCUT2D eigenvalue weighted by atomic mass is 16.5. The van der Waals surface area contributed by atoms with Crippen molar-refractivity contribution in [2.45, 2.75) is 20.0 Å². The minimum absolute atomic E-state index is 0.0318. The molecule has 1 aliphatic heterocycles. The normalized spacial score (nSPS) is 14.4. The fourth-order valence-electron chi connectivity index (χ4n) is 2.67. The second-order valence-corrected chi connectivity index (χ2v) is 6.15. The average molecular weight is 341 g/mol. The van der Waals surface area contributed by atoms with Gasteiger partial charge in [-0.05, 0) is 32.0 Å². The van der Waals surface area contributed by atoms with Gasteiger partial charge in [-0.1, -0.05) is 12.1 Å². The van der Waals surface area contributed by atoms with Crippen LogP contribution >= 0.6 is 0 Å². The number of nitrogens with one attached hydrogen (secondary N) is 1. The van der Waals surface area contributed by atoms with Crippen LogP contribution in [-0.4, -0.2) is 43.3 Å². The van der Waals surface area contributed by atoms with Crippen molar-refractivity contribution >= 4 is 17.3 Å². The number of pyridine rings is 1. The summed E-state index contributed by atoms with van der Waals surface area (Å²) in [6.07, 6.45) is 3.38. The van der Waals surface area contributed by atoms with E-state index in [0.717, 1.165) is 18.8 Å². The van der Waals surface area contributed by atoms with Crippen LogP contribution in [0.1, 0.15) is 24.2 Å². The van der Waals surface area contributed by atoms with E-state index < -0.39 is 0 Å². The molecule has 0 aliphatic carbocycles. The molecule has 0 atom stereocenters. The Morgan fingerprint density at radius 1 is 1.24 bits per heavy atom. The maximum absolute atomic E-state index is 12.6. The SMILES string of the molecule is CC(C)Oc1ccccc1NC(=O)c1cncc(N2CCOCC2)c1. The van der Waals surface area contributed by atoms with E-state index in [0.29, 0.717) is 30.2 Å². The number of ether oxygens (including phenoxy) is 2. The summed E-state index contributed by atoms with van der Waals surface area (Å²) >= 11 is 0. The zero-order valence-electron chi connectivity index (χ0n) is 14.6. The molecule has 0 spiro atoms. The van der Waals surface area contributed by atoms with Crippen molar-refractivity contribution in [3.8, 4) is 5.75 Å². The van der Waals surface area contributed by atoms with E-state index in [1.165, 1.54) is 0 Å². The minimum atomic E-state index is -0.206. The lowest BCUT2D eigenvalue weighted by atomic mass is 10.2. The van der Waals surface area contributed by atoms with E-state index >= 15 is 0 Å². The van der Waals surface area contributed by atoms with Gasteiger partial charge in [-0.25, -0.2) is 0 Å². The smallest absolute Gasteiger partial charge is 0.257 e. The molecule has 2 heterocycles. The third kappa shape index (κ3) is 4.48. The number of hydrogen-bond acceptors (Lipinski definition) is 5. The monoisotopic (exact) mass is 341 g/mol. The minimum Gasteiger partial charge on any atom is -0.489 e. The standard InChI is InChI=1S/C19H23N3O3/c1-14(2)25-18-6-4-3-5-17(18)21-19(23)15-11-16(13-20-12-15)22-7-9-24-10-8-22/h3-6,11-14H,7-10H2,1-2H3,(H,21,23). The van der Waals surface area contributed by atoms with E-state index in [9.17, 15) is 4.79 Å². The first-order valence-corrected chi connectivity index (χ1v) is 8.48. The Morgan fingerprint density at radius 2 is 2.00 bits per heavy atom. The summed E-state index contributed by atoms with van der Waals surface area (Å²) in [6.45, 7) is 6.89. The fourth-order valence-corrected chi connectivity index (χ4v) is 2.67. The molecule has 1 amide bonds. The molecular formula is C19H23N3O3. The van der Waals surface area contributed by atoms with Crippen LogP contribution in [0.15, 0.2) is 42.7 Å². The lowest BCUT2D eigenvalue weighted by Crippen LogP contribution is -2.36. The molecule has 132 valence electrons. The second kappa shape index (κ2) is 7.98. The number of benzene rings is 1. The molecule has 1 aromatic heterocycles. The number of hydrogen-bond donors (Lipinski definition) is 1. The molecule has 0 saturated carbocycles. The van der Waals surface area contributed by atoms with Gasteiger partial charge in [0.15, 0.2) is 0 Å². The first kappa shape index (κ1) is 17.2. The highest BCUT2D eigenvalue weighted by Gasteiger charge is 2.15. The Morgan fingerprint density at radius 3 is 2.76 bits per heavy atom. The zero-order chi connectivity index (χ0) is 17.6. The molecular weight excluding hydrogens is 318 g/mol. The summed E-state index contributed by atoms with van der Waals surface area (Å²) in [5.41, 5.74) is 2.10. The Hall–Kier alpha value is -2.60. The highest BCUT2D eigenvalue weighted by Crippen LogP contribution is 2.26. The predicted octanol–water partition coefficient (Wildman–Crippen LogP) is 2.96. The van der Waals surface area contributed by atoms with Gasteiger partial charge in [0, 0.05) is 19.3 Å². The van der Waals surface area contributed by atoms with Gasteiger partial charge in [-0.3, -0.25) is 9.78 Å². The quantitative estimate of drug-likeness (QED) is 0.906. The maximum Gasteiger partial charge on any atom is 0.257 e. The Labute approximate surface area is 147 Å². The van der Waals surface area contributed by atoms with E-state index in [1.807, 2.05) is 44.2 Å². The van der Waals surface area contributed by atoms with Crippen LogP contribution in [0, 0.1) is 0 Å². The first-order chi connectivity index (χ1) is 12.1. The lowest BCUT2D eigenvalue weighted by Gasteiger charge is -2.28. The number of morpholine rings is 1. The van der Waals surface area contributed by atoms with Crippen molar-refractivity contribution < 1.29 is 14.3 Å². The van der Waals surface area contributed by atoms with Crippen LogP contribution in [0.2, 0.25) is 0 Å². The number of rotatable bonds is 5. The molecule has 6 nitrogen and oxygen atoms in total. The van der Waals surface area contributed by atoms with Crippen molar-refractivity contribution in [3.05, 3.63) is 48.3 Å². The zero-order valence-corrected chi connectivity index (χ0v) is 14.6. The van der Waals surface area contributed by atoms with Crippen LogP contribution < -0.4 is 15.0 Å². The van der Waals surface area contributed by atoms with Gasteiger partial charge in [0.2, 0.25) is 0 Å². The third-order valence-corrected chi connectivity index (χ3v) is 3.86. The number of carbonyl (C=O) groups is 1. The molecule has 6 heteroatoms. The summed E-state index contributed by atoms with van der Waals surface area (Å²) in [5.74, 6) is 0.450. The van der Waals surface area contributed by atoms with E-state index in [2.05, 4.69) is 15.2 Å². The van der Waals surface area contributed by atoms with Crippen LogP contribution in [0.25, 0.3) is 0 Å². The van der Waals surface area contributed by atoms with Gasteiger partial charge in [0.25, 0.3) is 5.91 Å². The van der Waals surface area contributed by atoms with E-state index in [4.69, 9.17) is 9.47 Å². The summed E-state index contributed by atoms with van der Waals surface area (Å²) in [6, 6.07) is 9.28. The summed E-state index contributed by atoms with van der Waals surface area (Å²) in [5, 5.41) is 2.92. The van der Waals surface area contributed by atoms with Crippen molar-refractivity contribution in [1.29, 1.82) is 0 Å². The molecule has 0 radical (unpaired) electrons. The average Bonchev–Trinajstić information content (AvgIpc) is 2.64. The van der Waals surface area contributed by atoms with Crippen molar-refractivity contribution in [2.75, 3.05) is 36.5 Å². The molecule has 1 fully saturated rings. The third-order valence-electron chi connectivity index (χ3n) is 3.86. The second-order valence-electron chi connectivity index (χ2n) is 6.15. The molecule has 1 N–H and O–H groups in total. The van der Waals surface area contributed by atoms with Crippen molar-refractivity contribution in [2.24, 2.45) is 0 Å². The Bertz CT molecular complexity index is 727. The van der Waals surface area contributed by atoms with Gasteiger partial charge in [0.1, 0.15) is 5.75 Å². The maximum atomic E-state index is 12.6. The molecule has 1 saturated heterocycles. The number of para-hydroxylation sites is 2. The van der Waals surface area contributed by atoms with E-state index in [1.54, 1.807) is 12.4 Å². The Balaban J connectivity index is 1.75. The van der Waals surface area contributed by atoms with Gasteiger partial charge in [0.05, 0.1) is 42.5 Å². The number of aromatic nitrogens is 1. The highest BCUT2D eigenvalue weighted by molar-refractivity contribution is 6.05. The number of nitrogens with zero attached hydrogens (tertiary/aromatic N) is 2. The predicted molar refractivity (Wildman–Crippen MR) is 97.4 cm³/mol. The summed E-state index contributed by atoms with van der Waals surface area (Å²) in [7, 11) is 0.